The first kappa shape index (κ1) is 13.0. The number of rotatable bonds is 5. The molecule has 88 valence electrons. The van der Waals surface area contributed by atoms with Gasteiger partial charge in [0.1, 0.15) is 5.75 Å². The van der Waals surface area contributed by atoms with E-state index in [0.29, 0.717) is 0 Å². The fraction of sp³-hybridized carbons (Fsp3) is 0.333. The van der Waals surface area contributed by atoms with Gasteiger partial charge in [-0.05, 0) is 18.6 Å². The van der Waals surface area contributed by atoms with Gasteiger partial charge in [0.15, 0.2) is 0 Å². The van der Waals surface area contributed by atoms with E-state index >= 15 is 0 Å². The standard InChI is InChI=1S/C9H13N3O2S2/c1-7-2-3-8(4-11-7)5-12-16(13,14)6-9(10)15/h2-4,12H,5-6H2,1H3,(H2,10,15). The Labute approximate surface area is 100 Å². The topological polar surface area (TPSA) is 85.1 Å². The monoisotopic (exact) mass is 259 g/mol. The summed E-state index contributed by atoms with van der Waals surface area (Å²) in [6.07, 6.45) is 1.62. The molecule has 0 fully saturated rings. The van der Waals surface area contributed by atoms with E-state index < -0.39 is 10.0 Å². The Morgan fingerprint density at radius 1 is 1.56 bits per heavy atom. The Kier molecular flexibility index (Phi) is 4.34. The van der Waals surface area contributed by atoms with Crippen LogP contribution in [0.5, 0.6) is 0 Å². The van der Waals surface area contributed by atoms with Gasteiger partial charge in [0.25, 0.3) is 0 Å². The third-order valence-electron chi connectivity index (χ3n) is 1.80. The molecule has 0 spiro atoms. The summed E-state index contributed by atoms with van der Waals surface area (Å²) < 4.78 is 25.2. The predicted molar refractivity (Wildman–Crippen MR) is 66.4 cm³/mol. The maximum atomic E-state index is 11.4. The van der Waals surface area contributed by atoms with Gasteiger partial charge in [0, 0.05) is 18.4 Å². The van der Waals surface area contributed by atoms with Crippen molar-refractivity contribution in [2.45, 2.75) is 13.5 Å². The maximum absolute atomic E-state index is 11.4. The second-order valence-corrected chi connectivity index (χ2v) is 5.69. The highest BCUT2D eigenvalue weighted by Gasteiger charge is 2.11. The third kappa shape index (κ3) is 4.65. The van der Waals surface area contributed by atoms with Crippen molar-refractivity contribution < 1.29 is 8.42 Å². The van der Waals surface area contributed by atoms with Crippen molar-refractivity contribution in [3.63, 3.8) is 0 Å². The molecule has 1 heterocycles. The van der Waals surface area contributed by atoms with Crippen molar-refractivity contribution in [2.75, 3.05) is 5.75 Å². The minimum absolute atomic E-state index is 0.0467. The van der Waals surface area contributed by atoms with Crippen molar-refractivity contribution in [2.24, 2.45) is 5.73 Å². The van der Waals surface area contributed by atoms with Crippen LogP contribution in [-0.2, 0) is 16.6 Å². The van der Waals surface area contributed by atoms with E-state index in [1.54, 1.807) is 6.20 Å². The Hall–Kier alpha value is -1.05. The van der Waals surface area contributed by atoms with Gasteiger partial charge in [-0.15, -0.1) is 0 Å². The summed E-state index contributed by atoms with van der Waals surface area (Å²) >= 11 is 4.54. The molecule has 0 saturated carbocycles. The van der Waals surface area contributed by atoms with E-state index in [1.807, 2.05) is 19.1 Å². The molecule has 3 N–H and O–H groups in total. The van der Waals surface area contributed by atoms with Gasteiger partial charge in [-0.25, -0.2) is 13.1 Å². The average molecular weight is 259 g/mol. The number of thiocarbonyl (C=S) groups is 1. The van der Waals surface area contributed by atoms with Crippen molar-refractivity contribution >= 4 is 27.2 Å². The van der Waals surface area contributed by atoms with Crippen molar-refractivity contribution in [1.29, 1.82) is 0 Å². The summed E-state index contributed by atoms with van der Waals surface area (Å²) in [6, 6.07) is 3.63. The van der Waals surface area contributed by atoms with E-state index in [1.165, 1.54) is 0 Å². The number of nitrogens with zero attached hydrogens (tertiary/aromatic N) is 1. The predicted octanol–water partition coefficient (Wildman–Crippen LogP) is 0.0955. The quantitative estimate of drug-likeness (QED) is 0.732. The lowest BCUT2D eigenvalue weighted by Gasteiger charge is -2.05. The lowest BCUT2D eigenvalue weighted by molar-refractivity contribution is 0.585. The normalized spacial score (nSPS) is 11.3. The second-order valence-electron chi connectivity index (χ2n) is 3.35. The van der Waals surface area contributed by atoms with Crippen molar-refractivity contribution in [1.82, 2.24) is 9.71 Å². The smallest absolute Gasteiger partial charge is 0.218 e. The molecular weight excluding hydrogens is 246 g/mol. The first-order valence-corrected chi connectivity index (χ1v) is 6.62. The third-order valence-corrected chi connectivity index (χ3v) is 3.40. The largest absolute Gasteiger partial charge is 0.392 e. The number of hydrogen-bond donors (Lipinski definition) is 2. The van der Waals surface area contributed by atoms with Gasteiger partial charge in [-0.2, -0.15) is 0 Å². The van der Waals surface area contributed by atoms with Crippen LogP contribution in [0.3, 0.4) is 0 Å². The number of sulfonamides is 1. The van der Waals surface area contributed by atoms with Crippen LogP contribution in [0.25, 0.3) is 0 Å². The van der Waals surface area contributed by atoms with E-state index in [-0.39, 0.29) is 17.3 Å². The number of hydrogen-bond acceptors (Lipinski definition) is 4. The van der Waals surface area contributed by atoms with Crippen LogP contribution >= 0.6 is 12.2 Å². The van der Waals surface area contributed by atoms with E-state index in [2.05, 4.69) is 21.9 Å². The van der Waals surface area contributed by atoms with Crippen LogP contribution in [0.1, 0.15) is 11.3 Å². The summed E-state index contributed by atoms with van der Waals surface area (Å²) in [7, 11) is -3.43. The van der Waals surface area contributed by atoms with Crippen molar-refractivity contribution in [3.8, 4) is 0 Å². The fourth-order valence-electron chi connectivity index (χ4n) is 1.03. The Bertz CT molecular complexity index is 468. The number of nitrogens with two attached hydrogens (primary N) is 1. The molecule has 0 radical (unpaired) electrons. The van der Waals surface area contributed by atoms with Crippen LogP contribution in [0.4, 0.5) is 0 Å². The zero-order valence-corrected chi connectivity index (χ0v) is 10.4. The minimum Gasteiger partial charge on any atom is -0.392 e. The van der Waals surface area contributed by atoms with Crippen LogP contribution in [0, 0.1) is 6.92 Å². The molecule has 0 aromatic carbocycles. The van der Waals surface area contributed by atoms with Crippen molar-refractivity contribution in [3.05, 3.63) is 29.6 Å². The molecule has 0 amide bonds. The van der Waals surface area contributed by atoms with E-state index in [4.69, 9.17) is 5.73 Å². The van der Waals surface area contributed by atoms with E-state index in [0.717, 1.165) is 11.3 Å². The number of aryl methyl sites for hydroxylation is 1. The zero-order chi connectivity index (χ0) is 12.2. The highest BCUT2D eigenvalue weighted by atomic mass is 32.2. The summed E-state index contributed by atoms with van der Waals surface area (Å²) in [6.45, 7) is 2.05. The molecule has 0 bridgehead atoms. The van der Waals surface area contributed by atoms with Crippen LogP contribution in [0.15, 0.2) is 18.3 Å². The lowest BCUT2D eigenvalue weighted by Crippen LogP contribution is -2.32. The highest BCUT2D eigenvalue weighted by molar-refractivity contribution is 7.92. The van der Waals surface area contributed by atoms with Crippen LogP contribution in [0.2, 0.25) is 0 Å². The molecule has 0 saturated heterocycles. The van der Waals surface area contributed by atoms with Crippen LogP contribution < -0.4 is 10.5 Å². The Balaban J connectivity index is 2.58. The highest BCUT2D eigenvalue weighted by Crippen LogP contribution is 1.99. The molecule has 1 aromatic heterocycles. The SMILES string of the molecule is Cc1ccc(CNS(=O)(=O)CC(N)=S)cn1. The van der Waals surface area contributed by atoms with Gasteiger partial charge in [-0.3, -0.25) is 4.98 Å². The molecule has 0 atom stereocenters. The molecule has 0 aliphatic rings. The first-order chi connectivity index (χ1) is 7.39. The summed E-state index contributed by atoms with van der Waals surface area (Å²) in [5, 5.41) is 0. The van der Waals surface area contributed by atoms with Gasteiger partial charge in [-0.1, -0.05) is 18.3 Å². The minimum atomic E-state index is -3.43. The molecule has 7 heteroatoms. The summed E-state index contributed by atoms with van der Waals surface area (Å²) in [4.78, 5) is 4.01. The Morgan fingerprint density at radius 3 is 2.75 bits per heavy atom. The van der Waals surface area contributed by atoms with Gasteiger partial charge >= 0.3 is 0 Å². The number of nitrogens with one attached hydrogen (secondary N) is 1. The number of pyridine rings is 1. The second kappa shape index (κ2) is 5.33. The molecule has 0 aliphatic heterocycles. The fourth-order valence-corrected chi connectivity index (χ4v) is 2.36. The average Bonchev–Trinajstić information content (AvgIpc) is 2.15. The molecule has 1 rings (SSSR count). The summed E-state index contributed by atoms with van der Waals surface area (Å²) in [5.74, 6) is -0.332. The van der Waals surface area contributed by atoms with Gasteiger partial charge < -0.3 is 5.73 Å². The zero-order valence-electron chi connectivity index (χ0n) is 8.80. The lowest BCUT2D eigenvalue weighted by atomic mass is 10.2. The summed E-state index contributed by atoms with van der Waals surface area (Å²) in [5.41, 5.74) is 6.84. The maximum Gasteiger partial charge on any atom is 0.218 e. The molecule has 1 aromatic rings. The number of aromatic nitrogens is 1. The molecule has 16 heavy (non-hydrogen) atoms. The Morgan fingerprint density at radius 2 is 2.25 bits per heavy atom. The first-order valence-electron chi connectivity index (χ1n) is 4.56. The van der Waals surface area contributed by atoms with Crippen LogP contribution in [-0.4, -0.2) is 24.1 Å². The van der Waals surface area contributed by atoms with Gasteiger partial charge in [0.2, 0.25) is 10.0 Å². The molecular formula is C9H13N3O2S2. The van der Waals surface area contributed by atoms with E-state index in [9.17, 15) is 8.42 Å². The molecule has 0 unspecified atom stereocenters. The molecule has 5 nitrogen and oxygen atoms in total. The van der Waals surface area contributed by atoms with Gasteiger partial charge in [0.05, 0.1) is 4.99 Å². The molecule has 0 aliphatic carbocycles.